The van der Waals surface area contributed by atoms with Gasteiger partial charge in [0.15, 0.2) is 22.4 Å². The Morgan fingerprint density at radius 2 is 1.77 bits per heavy atom. The maximum Gasteiger partial charge on any atom is 0.287 e. The van der Waals surface area contributed by atoms with E-state index in [4.69, 9.17) is 23.6 Å². The van der Waals surface area contributed by atoms with Gasteiger partial charge >= 0.3 is 0 Å². The molecule has 11 heteroatoms. The Balaban J connectivity index is 1.37. The standard InChI is InChI=1S/C29H33N5O5S/c1-34(14-11-20-5-7-24(37-3)26(15-20)38-4)27-16-22(18-36-2)32-29(33-27)40-19-23-6-8-25(39-23)28(35)31-17-21-9-12-30-13-10-21/h5-10,12-13,15-16H,11,14,17-19H2,1-4H3,(H,31,35). The third-order valence-electron chi connectivity index (χ3n) is 6.04. The summed E-state index contributed by atoms with van der Waals surface area (Å²) in [5.74, 6) is 3.32. The van der Waals surface area contributed by atoms with Gasteiger partial charge in [0.1, 0.15) is 11.6 Å². The number of nitrogens with one attached hydrogen (secondary N) is 1. The summed E-state index contributed by atoms with van der Waals surface area (Å²) in [6.07, 6.45) is 4.17. The first-order valence-electron chi connectivity index (χ1n) is 12.7. The number of nitrogens with zero attached hydrogens (tertiary/aromatic N) is 4. The lowest BCUT2D eigenvalue weighted by atomic mass is 10.1. The second-order valence-electron chi connectivity index (χ2n) is 8.89. The van der Waals surface area contributed by atoms with Gasteiger partial charge in [0.2, 0.25) is 0 Å². The molecule has 1 N–H and O–H groups in total. The molecule has 0 aliphatic heterocycles. The van der Waals surface area contributed by atoms with Crippen LogP contribution in [0.25, 0.3) is 0 Å². The first kappa shape index (κ1) is 28.9. The van der Waals surface area contributed by atoms with Gasteiger partial charge in [-0.3, -0.25) is 9.78 Å². The number of pyridine rings is 1. The largest absolute Gasteiger partial charge is 0.493 e. The van der Waals surface area contributed by atoms with Gasteiger partial charge < -0.3 is 28.8 Å². The van der Waals surface area contributed by atoms with Crippen LogP contribution >= 0.6 is 11.8 Å². The molecule has 0 radical (unpaired) electrons. The van der Waals surface area contributed by atoms with Gasteiger partial charge in [-0.25, -0.2) is 9.97 Å². The number of aromatic nitrogens is 3. The number of methoxy groups -OCH3 is 3. The molecule has 0 spiro atoms. The number of rotatable bonds is 14. The van der Waals surface area contributed by atoms with Crippen LogP contribution in [0.3, 0.4) is 0 Å². The maximum absolute atomic E-state index is 12.5. The van der Waals surface area contributed by atoms with Crippen LogP contribution in [0.15, 0.2) is 70.5 Å². The van der Waals surface area contributed by atoms with E-state index in [0.717, 1.165) is 35.6 Å². The molecular weight excluding hydrogens is 530 g/mol. The fourth-order valence-electron chi connectivity index (χ4n) is 3.87. The van der Waals surface area contributed by atoms with E-state index in [0.29, 0.717) is 41.3 Å². The van der Waals surface area contributed by atoms with Gasteiger partial charge in [-0.2, -0.15) is 0 Å². The Morgan fingerprint density at radius 3 is 2.52 bits per heavy atom. The van der Waals surface area contributed by atoms with E-state index in [-0.39, 0.29) is 11.7 Å². The molecule has 0 saturated carbocycles. The first-order valence-corrected chi connectivity index (χ1v) is 13.6. The number of hydrogen-bond acceptors (Lipinski definition) is 10. The predicted octanol–water partition coefficient (Wildman–Crippen LogP) is 4.53. The van der Waals surface area contributed by atoms with Crippen molar-refractivity contribution < 1.29 is 23.4 Å². The molecule has 0 saturated heterocycles. The highest BCUT2D eigenvalue weighted by Gasteiger charge is 2.14. The van der Waals surface area contributed by atoms with Crippen molar-refractivity contribution in [3.8, 4) is 11.5 Å². The third kappa shape index (κ3) is 7.96. The molecule has 4 rings (SSSR count). The van der Waals surface area contributed by atoms with E-state index in [9.17, 15) is 4.79 Å². The van der Waals surface area contributed by atoms with Gasteiger partial charge in [0.25, 0.3) is 5.91 Å². The minimum atomic E-state index is -0.273. The average Bonchev–Trinajstić information content (AvgIpc) is 3.47. The molecule has 0 unspecified atom stereocenters. The molecule has 0 fully saturated rings. The van der Waals surface area contributed by atoms with Crippen molar-refractivity contribution in [1.29, 1.82) is 0 Å². The van der Waals surface area contributed by atoms with Crippen LogP contribution in [0.4, 0.5) is 5.82 Å². The number of benzene rings is 1. The molecular formula is C29H33N5O5S. The van der Waals surface area contributed by atoms with Crippen LogP contribution in [-0.4, -0.2) is 55.8 Å². The summed E-state index contributed by atoms with van der Waals surface area (Å²) in [7, 11) is 6.89. The first-order chi connectivity index (χ1) is 19.5. The molecule has 3 aromatic heterocycles. The molecule has 0 aliphatic carbocycles. The van der Waals surface area contributed by atoms with Crippen molar-refractivity contribution >= 4 is 23.5 Å². The minimum absolute atomic E-state index is 0.259. The van der Waals surface area contributed by atoms with E-state index in [2.05, 4.69) is 20.2 Å². The van der Waals surface area contributed by atoms with Crippen molar-refractivity contribution in [2.45, 2.75) is 30.5 Å². The quantitative estimate of drug-likeness (QED) is 0.173. The molecule has 0 atom stereocenters. The van der Waals surface area contributed by atoms with Gasteiger partial charge in [-0.15, -0.1) is 0 Å². The lowest BCUT2D eigenvalue weighted by Gasteiger charge is -2.20. The lowest BCUT2D eigenvalue weighted by molar-refractivity contribution is 0.0921. The number of anilines is 1. The minimum Gasteiger partial charge on any atom is -0.493 e. The Bertz CT molecular complexity index is 1400. The molecule has 40 heavy (non-hydrogen) atoms. The zero-order chi connectivity index (χ0) is 28.3. The van der Waals surface area contributed by atoms with Crippen molar-refractivity contribution in [2.75, 3.05) is 39.8 Å². The Labute approximate surface area is 238 Å². The molecule has 4 aromatic rings. The van der Waals surface area contributed by atoms with Crippen molar-refractivity contribution in [3.63, 3.8) is 0 Å². The normalized spacial score (nSPS) is 10.8. The number of likely N-dealkylation sites (N-methyl/N-ethyl adjacent to an activating group) is 1. The molecule has 0 bridgehead atoms. The number of thioether (sulfide) groups is 1. The Hall–Kier alpha value is -4.09. The highest BCUT2D eigenvalue weighted by molar-refractivity contribution is 7.98. The number of carbonyl (C=O) groups excluding carboxylic acids is 1. The molecule has 10 nitrogen and oxygen atoms in total. The van der Waals surface area contributed by atoms with E-state index in [1.165, 1.54) is 11.8 Å². The predicted molar refractivity (Wildman–Crippen MR) is 153 cm³/mol. The molecule has 1 aromatic carbocycles. The number of ether oxygens (including phenoxy) is 3. The van der Waals surface area contributed by atoms with E-state index in [1.54, 1.807) is 45.9 Å². The SMILES string of the molecule is COCc1cc(N(C)CCc2ccc(OC)c(OC)c2)nc(SCc2ccc(C(=O)NCc3ccncc3)o2)n1. The Kier molecular flexibility index (Phi) is 10.4. The summed E-state index contributed by atoms with van der Waals surface area (Å²) in [6, 6.07) is 15.0. The molecule has 0 aliphatic rings. The topological polar surface area (TPSA) is 112 Å². The highest BCUT2D eigenvalue weighted by Crippen LogP contribution is 2.28. The summed E-state index contributed by atoms with van der Waals surface area (Å²) in [5, 5.41) is 3.45. The molecule has 210 valence electrons. The fourth-order valence-corrected chi connectivity index (χ4v) is 4.64. The van der Waals surface area contributed by atoms with Gasteiger partial charge in [-0.1, -0.05) is 17.8 Å². The number of amides is 1. The second kappa shape index (κ2) is 14.3. The van der Waals surface area contributed by atoms with Crippen molar-refractivity contribution in [1.82, 2.24) is 20.3 Å². The molecule has 1 amide bonds. The van der Waals surface area contributed by atoms with Gasteiger partial charge in [0, 0.05) is 45.7 Å². The smallest absolute Gasteiger partial charge is 0.287 e. The number of hydrogen-bond donors (Lipinski definition) is 1. The highest BCUT2D eigenvalue weighted by atomic mass is 32.2. The van der Waals surface area contributed by atoms with E-state index < -0.39 is 0 Å². The van der Waals surface area contributed by atoms with E-state index in [1.807, 2.05) is 43.4 Å². The fraction of sp³-hybridized carbons (Fsp3) is 0.310. The van der Waals surface area contributed by atoms with Crippen LogP contribution in [0.2, 0.25) is 0 Å². The zero-order valence-electron chi connectivity index (χ0n) is 23.0. The molecule has 3 heterocycles. The second-order valence-corrected chi connectivity index (χ2v) is 9.83. The monoisotopic (exact) mass is 563 g/mol. The maximum atomic E-state index is 12.5. The van der Waals surface area contributed by atoms with Crippen molar-refractivity contribution in [2.24, 2.45) is 0 Å². The van der Waals surface area contributed by atoms with Gasteiger partial charge in [0.05, 0.1) is 32.3 Å². The number of carbonyl (C=O) groups is 1. The Morgan fingerprint density at radius 1 is 0.975 bits per heavy atom. The summed E-state index contributed by atoms with van der Waals surface area (Å²) < 4.78 is 21.9. The average molecular weight is 564 g/mol. The summed E-state index contributed by atoms with van der Waals surface area (Å²) in [6.45, 7) is 1.50. The zero-order valence-corrected chi connectivity index (χ0v) is 23.9. The summed E-state index contributed by atoms with van der Waals surface area (Å²) >= 11 is 1.44. The van der Waals surface area contributed by atoms with Crippen LogP contribution < -0.4 is 19.7 Å². The number of furan rings is 1. The van der Waals surface area contributed by atoms with Crippen LogP contribution in [-0.2, 0) is 30.1 Å². The van der Waals surface area contributed by atoms with Crippen LogP contribution in [0, 0.1) is 0 Å². The van der Waals surface area contributed by atoms with Crippen molar-refractivity contribution in [3.05, 3.63) is 89.3 Å². The van der Waals surface area contributed by atoms with Gasteiger partial charge in [-0.05, 0) is 53.9 Å². The third-order valence-corrected chi connectivity index (χ3v) is 6.91. The summed E-state index contributed by atoms with van der Waals surface area (Å²) in [4.78, 5) is 27.9. The summed E-state index contributed by atoms with van der Waals surface area (Å²) in [5.41, 5.74) is 2.87. The van der Waals surface area contributed by atoms with Crippen LogP contribution in [0.5, 0.6) is 11.5 Å². The van der Waals surface area contributed by atoms with Crippen LogP contribution in [0.1, 0.15) is 33.1 Å². The lowest BCUT2D eigenvalue weighted by Crippen LogP contribution is -2.22. The van der Waals surface area contributed by atoms with E-state index >= 15 is 0 Å².